The summed E-state index contributed by atoms with van der Waals surface area (Å²) in [5, 5.41) is 5.38. The molecule has 1 fully saturated rings. The number of halogens is 1. The fraction of sp³-hybridized carbons (Fsp3) is 0.484. The molecule has 3 atom stereocenters. The molecule has 41 heavy (non-hydrogen) atoms. The van der Waals surface area contributed by atoms with Gasteiger partial charge in [-0.25, -0.2) is 14.0 Å². The zero-order valence-electron chi connectivity index (χ0n) is 24.4. The minimum Gasteiger partial charge on any atom is -0.459 e. The Morgan fingerprint density at radius 2 is 1.71 bits per heavy atom. The van der Waals surface area contributed by atoms with Gasteiger partial charge in [0.25, 0.3) is 0 Å². The third kappa shape index (κ3) is 9.03. The quantitative estimate of drug-likeness (QED) is 0.413. The van der Waals surface area contributed by atoms with Gasteiger partial charge in [0, 0.05) is 13.0 Å². The van der Waals surface area contributed by atoms with Gasteiger partial charge in [-0.15, -0.1) is 0 Å². The van der Waals surface area contributed by atoms with Gasteiger partial charge in [-0.3, -0.25) is 9.59 Å². The van der Waals surface area contributed by atoms with Crippen molar-refractivity contribution in [3.8, 4) is 0 Å². The van der Waals surface area contributed by atoms with Crippen LogP contribution >= 0.6 is 0 Å². The molecular weight excluding hydrogens is 529 g/mol. The lowest BCUT2D eigenvalue weighted by Crippen LogP contribution is -2.61. The minimum atomic E-state index is -1.40. The van der Waals surface area contributed by atoms with Gasteiger partial charge in [-0.1, -0.05) is 49.4 Å². The van der Waals surface area contributed by atoms with E-state index in [9.17, 15) is 23.6 Å². The molecule has 0 saturated carbocycles. The van der Waals surface area contributed by atoms with Crippen LogP contribution in [0.3, 0.4) is 0 Å². The molecule has 0 bridgehead atoms. The van der Waals surface area contributed by atoms with Crippen LogP contribution in [-0.4, -0.2) is 58.5 Å². The van der Waals surface area contributed by atoms with Gasteiger partial charge in [-0.05, 0) is 70.2 Å². The maximum Gasteiger partial charge on any atom is 0.408 e. The first-order valence-electron chi connectivity index (χ1n) is 13.9. The van der Waals surface area contributed by atoms with E-state index in [2.05, 4.69) is 10.6 Å². The van der Waals surface area contributed by atoms with Crippen molar-refractivity contribution in [1.29, 1.82) is 0 Å². The van der Waals surface area contributed by atoms with Crippen LogP contribution in [-0.2, 0) is 36.9 Å². The number of carbonyl (C=O) groups excluding carboxylic acids is 4. The van der Waals surface area contributed by atoms with E-state index in [0.29, 0.717) is 24.9 Å². The second kappa shape index (κ2) is 13.6. The number of ether oxygens (including phenoxy) is 2. The lowest BCUT2D eigenvalue weighted by Gasteiger charge is -2.33. The highest BCUT2D eigenvalue weighted by Gasteiger charge is 2.41. The van der Waals surface area contributed by atoms with Gasteiger partial charge < -0.3 is 25.0 Å². The topological polar surface area (TPSA) is 114 Å². The third-order valence-corrected chi connectivity index (χ3v) is 6.95. The van der Waals surface area contributed by atoms with Crippen molar-refractivity contribution in [2.75, 3.05) is 6.54 Å². The van der Waals surface area contributed by atoms with Crippen LogP contribution < -0.4 is 10.6 Å². The second-order valence-electron chi connectivity index (χ2n) is 11.5. The Labute approximate surface area is 240 Å². The van der Waals surface area contributed by atoms with Gasteiger partial charge in [0.15, 0.2) is 0 Å². The average Bonchev–Trinajstić information content (AvgIpc) is 3.40. The number of rotatable bonds is 10. The molecule has 0 spiro atoms. The lowest BCUT2D eigenvalue weighted by atomic mass is 9.96. The number of benzene rings is 2. The first-order valence-corrected chi connectivity index (χ1v) is 13.9. The van der Waals surface area contributed by atoms with E-state index in [1.54, 1.807) is 33.8 Å². The molecule has 2 N–H and O–H groups in total. The molecule has 1 heterocycles. The molecule has 1 aliphatic rings. The third-order valence-electron chi connectivity index (χ3n) is 6.95. The van der Waals surface area contributed by atoms with Crippen LogP contribution in [0.5, 0.6) is 0 Å². The van der Waals surface area contributed by atoms with Crippen molar-refractivity contribution in [1.82, 2.24) is 15.5 Å². The normalized spacial score (nSPS) is 17.2. The zero-order valence-corrected chi connectivity index (χ0v) is 24.4. The van der Waals surface area contributed by atoms with E-state index in [0.717, 1.165) is 5.56 Å². The Morgan fingerprint density at radius 3 is 2.34 bits per heavy atom. The second-order valence-corrected chi connectivity index (χ2v) is 11.5. The molecule has 222 valence electrons. The average molecular weight is 570 g/mol. The Hall–Kier alpha value is -3.95. The van der Waals surface area contributed by atoms with E-state index in [1.807, 2.05) is 30.3 Å². The van der Waals surface area contributed by atoms with Gasteiger partial charge in [0.1, 0.15) is 35.6 Å². The molecule has 1 saturated heterocycles. The number of carbonyl (C=O) groups is 4. The predicted molar refractivity (Wildman–Crippen MR) is 151 cm³/mol. The molecule has 9 nitrogen and oxygen atoms in total. The van der Waals surface area contributed by atoms with Gasteiger partial charge in [0.05, 0.1) is 0 Å². The number of likely N-dealkylation sites (tertiary alicyclic amines) is 1. The molecule has 3 amide bonds. The molecule has 2 aromatic rings. The Bertz CT molecular complexity index is 1230. The molecule has 1 aliphatic heterocycles. The molecule has 0 aliphatic carbocycles. The van der Waals surface area contributed by atoms with Crippen LogP contribution in [0.2, 0.25) is 0 Å². The maximum absolute atomic E-state index is 14.0. The van der Waals surface area contributed by atoms with Crippen LogP contribution in [0.25, 0.3) is 0 Å². The SMILES string of the molecule is CC[C@](C)(NC(=O)OC(C)(C)C)C(=O)N[C@@H](Cc1cccc(F)c1)C(=O)N1CCC[C@@H]1C(=O)OCc1ccccc1. The molecular formula is C31H40FN3O6. The van der Waals surface area contributed by atoms with Crippen LogP contribution in [0.4, 0.5) is 9.18 Å². The number of nitrogens with one attached hydrogen (secondary N) is 2. The number of esters is 1. The molecule has 10 heteroatoms. The van der Waals surface area contributed by atoms with Gasteiger partial charge >= 0.3 is 12.1 Å². The summed E-state index contributed by atoms with van der Waals surface area (Å²) in [5.41, 5.74) is -0.860. The lowest BCUT2D eigenvalue weighted by molar-refractivity contribution is -0.155. The Balaban J connectivity index is 1.80. The molecule has 3 rings (SSSR count). The van der Waals surface area contributed by atoms with Crippen molar-refractivity contribution in [3.05, 3.63) is 71.5 Å². The summed E-state index contributed by atoms with van der Waals surface area (Å²) in [4.78, 5) is 54.3. The van der Waals surface area contributed by atoms with Gasteiger partial charge in [0.2, 0.25) is 11.8 Å². The fourth-order valence-electron chi connectivity index (χ4n) is 4.55. The molecule has 0 unspecified atom stereocenters. The minimum absolute atomic E-state index is 0.0170. The maximum atomic E-state index is 14.0. The number of nitrogens with zero attached hydrogens (tertiary/aromatic N) is 1. The predicted octanol–water partition coefficient (Wildman–Crippen LogP) is 4.28. The highest BCUT2D eigenvalue weighted by molar-refractivity contribution is 5.95. The van der Waals surface area contributed by atoms with Gasteiger partial charge in [-0.2, -0.15) is 0 Å². The number of amides is 3. The van der Waals surface area contributed by atoms with E-state index in [-0.39, 0.29) is 19.4 Å². The highest BCUT2D eigenvalue weighted by Crippen LogP contribution is 2.22. The fourth-order valence-corrected chi connectivity index (χ4v) is 4.55. The number of hydrogen-bond donors (Lipinski definition) is 2. The Kier molecular flexibility index (Phi) is 10.5. The van der Waals surface area contributed by atoms with Crippen molar-refractivity contribution in [2.24, 2.45) is 0 Å². The summed E-state index contributed by atoms with van der Waals surface area (Å²) >= 11 is 0. The standard InChI is InChI=1S/C31H40FN3O6/c1-6-31(5,34-29(39)41-30(2,3)4)28(38)33-24(19-22-14-10-15-23(32)18-22)26(36)35-17-11-16-25(35)27(37)40-20-21-12-8-7-9-13-21/h7-10,12-15,18,24-25H,6,11,16-17,19-20H2,1-5H3,(H,33,38)(H,34,39)/t24-,25+,31-/m0/s1. The Morgan fingerprint density at radius 1 is 1.02 bits per heavy atom. The highest BCUT2D eigenvalue weighted by atomic mass is 19.1. The van der Waals surface area contributed by atoms with Crippen LogP contribution in [0, 0.1) is 5.82 Å². The summed E-state index contributed by atoms with van der Waals surface area (Å²) in [6.07, 6.45) is 0.427. The molecule has 2 aromatic carbocycles. The first-order chi connectivity index (χ1) is 19.3. The zero-order chi connectivity index (χ0) is 30.2. The van der Waals surface area contributed by atoms with Crippen LogP contribution in [0.15, 0.2) is 54.6 Å². The van der Waals surface area contributed by atoms with E-state index < -0.39 is 52.9 Å². The van der Waals surface area contributed by atoms with E-state index >= 15 is 0 Å². The van der Waals surface area contributed by atoms with Crippen molar-refractivity contribution < 1.29 is 33.0 Å². The molecule has 0 radical (unpaired) electrons. The molecule has 0 aromatic heterocycles. The summed E-state index contributed by atoms with van der Waals surface area (Å²) in [6.45, 7) is 8.77. The largest absolute Gasteiger partial charge is 0.459 e. The summed E-state index contributed by atoms with van der Waals surface area (Å²) in [5.74, 6) is -2.10. The first kappa shape index (κ1) is 31.6. The number of alkyl carbamates (subject to hydrolysis) is 1. The van der Waals surface area contributed by atoms with Crippen molar-refractivity contribution in [3.63, 3.8) is 0 Å². The smallest absolute Gasteiger partial charge is 0.408 e. The van der Waals surface area contributed by atoms with E-state index in [4.69, 9.17) is 9.47 Å². The summed E-state index contributed by atoms with van der Waals surface area (Å²) < 4.78 is 24.8. The van der Waals surface area contributed by atoms with Crippen molar-refractivity contribution >= 4 is 23.9 Å². The summed E-state index contributed by atoms with van der Waals surface area (Å²) in [7, 11) is 0. The monoisotopic (exact) mass is 569 g/mol. The van der Waals surface area contributed by atoms with Crippen LogP contribution in [0.1, 0.15) is 65.0 Å². The number of hydrogen-bond acceptors (Lipinski definition) is 6. The summed E-state index contributed by atoms with van der Waals surface area (Å²) in [6, 6.07) is 13.0. The van der Waals surface area contributed by atoms with E-state index in [1.165, 1.54) is 30.0 Å². The van der Waals surface area contributed by atoms with Crippen molar-refractivity contribution in [2.45, 2.75) is 90.1 Å².